The SMILES string of the molecule is CON1C[C@]2(CO)O[C@@H](C)C1[C@H]2O. The molecule has 2 rings (SSSR count). The minimum Gasteiger partial charge on any atom is -0.393 e. The first kappa shape index (κ1) is 9.36. The highest BCUT2D eigenvalue weighted by molar-refractivity contribution is 5.11. The van der Waals surface area contributed by atoms with Crippen LogP contribution in [0.4, 0.5) is 0 Å². The Morgan fingerprint density at radius 1 is 1.69 bits per heavy atom. The number of fused-ring (bicyclic) bond motifs is 2. The number of hydroxylamine groups is 2. The van der Waals surface area contributed by atoms with E-state index in [0.29, 0.717) is 6.54 Å². The molecule has 0 saturated carbocycles. The molecular formula is C8H15NO4. The van der Waals surface area contributed by atoms with Crippen LogP contribution in [0.3, 0.4) is 0 Å². The average molecular weight is 189 g/mol. The molecule has 0 aromatic heterocycles. The second-order valence-electron chi connectivity index (χ2n) is 3.74. The molecule has 13 heavy (non-hydrogen) atoms. The highest BCUT2D eigenvalue weighted by Gasteiger charge is 2.62. The summed E-state index contributed by atoms with van der Waals surface area (Å²) in [5.74, 6) is 0. The Morgan fingerprint density at radius 2 is 2.38 bits per heavy atom. The largest absolute Gasteiger partial charge is 0.393 e. The van der Waals surface area contributed by atoms with Crippen LogP contribution >= 0.6 is 0 Å². The Bertz CT molecular complexity index is 212. The van der Waals surface area contributed by atoms with Crippen LogP contribution in [0.25, 0.3) is 0 Å². The summed E-state index contributed by atoms with van der Waals surface area (Å²) in [7, 11) is 1.56. The maximum atomic E-state index is 9.84. The van der Waals surface area contributed by atoms with Gasteiger partial charge in [-0.15, -0.1) is 0 Å². The minimum absolute atomic E-state index is 0.101. The Labute approximate surface area is 76.8 Å². The van der Waals surface area contributed by atoms with Gasteiger partial charge in [0, 0.05) is 0 Å². The van der Waals surface area contributed by atoms with Gasteiger partial charge >= 0.3 is 0 Å². The van der Waals surface area contributed by atoms with E-state index in [0.717, 1.165) is 0 Å². The topological polar surface area (TPSA) is 62.2 Å². The van der Waals surface area contributed by atoms with E-state index < -0.39 is 11.7 Å². The standard InChI is InChI=1S/C8H15NO4/c1-5-6-7(11)8(4-10,13-5)3-9(6)12-2/h5-7,10-11H,3-4H2,1-2H3/t5-,6?,7+,8+/m0/s1. The maximum Gasteiger partial charge on any atom is 0.134 e. The number of aliphatic hydroxyl groups excluding tert-OH is 2. The number of hydrogen-bond acceptors (Lipinski definition) is 5. The maximum absolute atomic E-state index is 9.84. The second-order valence-corrected chi connectivity index (χ2v) is 3.74. The zero-order valence-electron chi connectivity index (χ0n) is 7.80. The first-order valence-corrected chi connectivity index (χ1v) is 4.42. The first-order chi connectivity index (χ1) is 6.14. The molecule has 0 aliphatic carbocycles. The van der Waals surface area contributed by atoms with Crippen molar-refractivity contribution in [2.45, 2.75) is 30.8 Å². The molecule has 76 valence electrons. The summed E-state index contributed by atoms with van der Waals surface area (Å²) in [6, 6.07) is -0.155. The van der Waals surface area contributed by atoms with Gasteiger partial charge in [0.1, 0.15) is 11.7 Å². The van der Waals surface area contributed by atoms with E-state index in [4.69, 9.17) is 9.57 Å². The zero-order valence-corrected chi connectivity index (χ0v) is 7.80. The number of nitrogens with zero attached hydrogens (tertiary/aromatic N) is 1. The van der Waals surface area contributed by atoms with Crippen LogP contribution in [-0.2, 0) is 9.57 Å². The lowest BCUT2D eigenvalue weighted by Crippen LogP contribution is -2.48. The van der Waals surface area contributed by atoms with Crippen molar-refractivity contribution in [1.29, 1.82) is 0 Å². The molecule has 5 nitrogen and oxygen atoms in total. The number of ether oxygens (including phenoxy) is 1. The van der Waals surface area contributed by atoms with Crippen molar-refractivity contribution in [2.24, 2.45) is 0 Å². The molecule has 0 spiro atoms. The number of rotatable bonds is 2. The summed E-state index contributed by atoms with van der Waals surface area (Å²) in [6.07, 6.45) is -0.761. The summed E-state index contributed by atoms with van der Waals surface area (Å²) < 4.78 is 5.52. The van der Waals surface area contributed by atoms with Crippen molar-refractivity contribution >= 4 is 0 Å². The van der Waals surface area contributed by atoms with E-state index >= 15 is 0 Å². The lowest BCUT2D eigenvalue weighted by atomic mass is 10.0. The highest BCUT2D eigenvalue weighted by atomic mass is 16.7. The smallest absolute Gasteiger partial charge is 0.134 e. The molecule has 0 aromatic rings. The molecule has 1 unspecified atom stereocenters. The fourth-order valence-corrected chi connectivity index (χ4v) is 2.34. The van der Waals surface area contributed by atoms with Gasteiger partial charge in [-0.2, -0.15) is 5.06 Å². The third-order valence-corrected chi connectivity index (χ3v) is 3.02. The summed E-state index contributed by atoms with van der Waals surface area (Å²) in [5, 5.41) is 20.7. The fourth-order valence-electron chi connectivity index (χ4n) is 2.34. The predicted molar refractivity (Wildman–Crippen MR) is 43.9 cm³/mol. The first-order valence-electron chi connectivity index (χ1n) is 4.42. The summed E-state index contributed by atoms with van der Waals surface area (Å²) in [4.78, 5) is 5.09. The van der Waals surface area contributed by atoms with E-state index in [1.165, 1.54) is 0 Å². The molecule has 2 heterocycles. The second kappa shape index (κ2) is 2.90. The Kier molecular flexibility index (Phi) is 2.08. The number of hydrogen-bond donors (Lipinski definition) is 2. The summed E-state index contributed by atoms with van der Waals surface area (Å²) >= 11 is 0. The fraction of sp³-hybridized carbons (Fsp3) is 1.00. The van der Waals surface area contributed by atoms with E-state index in [9.17, 15) is 10.2 Å². The molecule has 2 saturated heterocycles. The molecule has 2 bridgehead atoms. The van der Waals surface area contributed by atoms with Crippen LogP contribution in [0.1, 0.15) is 6.92 Å². The monoisotopic (exact) mass is 189 g/mol. The van der Waals surface area contributed by atoms with Crippen LogP contribution in [0.2, 0.25) is 0 Å². The average Bonchev–Trinajstić information content (AvgIpc) is 2.53. The summed E-state index contributed by atoms with van der Waals surface area (Å²) in [5.41, 5.74) is -0.833. The van der Waals surface area contributed by atoms with Crippen LogP contribution in [-0.4, -0.2) is 59.4 Å². The van der Waals surface area contributed by atoms with Crippen LogP contribution in [0.15, 0.2) is 0 Å². The lowest BCUT2D eigenvalue weighted by molar-refractivity contribution is -0.219. The van der Waals surface area contributed by atoms with Gasteiger partial charge in [0.25, 0.3) is 0 Å². The number of morpholine rings is 1. The van der Waals surface area contributed by atoms with Crippen LogP contribution < -0.4 is 0 Å². The van der Waals surface area contributed by atoms with E-state index in [1.54, 1.807) is 12.2 Å². The van der Waals surface area contributed by atoms with Gasteiger partial charge < -0.3 is 19.8 Å². The van der Waals surface area contributed by atoms with E-state index in [1.807, 2.05) is 6.92 Å². The molecule has 4 atom stereocenters. The molecule has 0 aromatic carbocycles. The lowest BCUT2D eigenvalue weighted by Gasteiger charge is -2.32. The van der Waals surface area contributed by atoms with Gasteiger partial charge in [-0.25, -0.2) is 0 Å². The number of aliphatic hydroxyl groups is 2. The van der Waals surface area contributed by atoms with Gasteiger partial charge in [0.05, 0.1) is 32.4 Å². The van der Waals surface area contributed by atoms with Gasteiger partial charge in [0.2, 0.25) is 0 Å². The third-order valence-electron chi connectivity index (χ3n) is 3.02. The molecular weight excluding hydrogens is 174 g/mol. The molecule has 2 fully saturated rings. The van der Waals surface area contributed by atoms with Gasteiger partial charge in [-0.1, -0.05) is 0 Å². The Morgan fingerprint density at radius 3 is 2.77 bits per heavy atom. The van der Waals surface area contributed by atoms with Gasteiger partial charge in [-0.05, 0) is 6.92 Å². The van der Waals surface area contributed by atoms with Crippen molar-refractivity contribution in [2.75, 3.05) is 20.3 Å². The Hall–Kier alpha value is -0.200. The molecule has 0 radical (unpaired) electrons. The van der Waals surface area contributed by atoms with Gasteiger partial charge in [-0.3, -0.25) is 0 Å². The quantitative estimate of drug-likeness (QED) is 0.568. The zero-order chi connectivity index (χ0) is 9.64. The van der Waals surface area contributed by atoms with Crippen molar-refractivity contribution < 1.29 is 19.8 Å². The molecule has 0 amide bonds. The Balaban J connectivity index is 2.24. The molecule has 2 aliphatic rings. The van der Waals surface area contributed by atoms with Gasteiger partial charge in [0.15, 0.2) is 0 Å². The van der Waals surface area contributed by atoms with Crippen LogP contribution in [0, 0.1) is 0 Å². The summed E-state index contributed by atoms with van der Waals surface area (Å²) in [6.45, 7) is 2.13. The predicted octanol–water partition coefficient (Wildman–Crippen LogP) is -1.26. The third kappa shape index (κ3) is 1.05. The van der Waals surface area contributed by atoms with E-state index in [2.05, 4.69) is 0 Å². The van der Waals surface area contributed by atoms with Crippen LogP contribution in [0.5, 0.6) is 0 Å². The van der Waals surface area contributed by atoms with Crippen molar-refractivity contribution in [1.82, 2.24) is 5.06 Å². The van der Waals surface area contributed by atoms with Crippen molar-refractivity contribution in [3.63, 3.8) is 0 Å². The normalized spacial score (nSPS) is 50.3. The van der Waals surface area contributed by atoms with Crippen molar-refractivity contribution in [3.05, 3.63) is 0 Å². The minimum atomic E-state index is -0.833. The van der Waals surface area contributed by atoms with E-state index in [-0.39, 0.29) is 18.8 Å². The molecule has 2 N–H and O–H groups in total. The molecule has 5 heteroatoms. The molecule has 2 aliphatic heterocycles. The van der Waals surface area contributed by atoms with Crippen molar-refractivity contribution in [3.8, 4) is 0 Å². The highest BCUT2D eigenvalue weighted by Crippen LogP contribution is 2.41.